The zero-order valence-electron chi connectivity index (χ0n) is 13.7. The normalized spacial score (nSPS) is 14.0. The monoisotopic (exact) mass is 343 g/mol. The number of nitrogens with zero attached hydrogens (tertiary/aromatic N) is 1. The number of amides is 2. The van der Waals surface area contributed by atoms with Crippen LogP contribution in [0.15, 0.2) is 35.7 Å². The summed E-state index contributed by atoms with van der Waals surface area (Å²) in [6.07, 6.45) is 0. The molecule has 0 aliphatic carbocycles. The molecule has 0 saturated carbocycles. The number of ether oxygens (including phenoxy) is 1. The molecule has 5 nitrogen and oxygen atoms in total. The van der Waals surface area contributed by atoms with Gasteiger partial charge in [-0.05, 0) is 49.9 Å². The molecule has 3 rings (SSSR count). The third-order valence-electron chi connectivity index (χ3n) is 3.47. The second kappa shape index (κ2) is 5.87. The van der Waals surface area contributed by atoms with Crippen LogP contribution in [0.3, 0.4) is 0 Å². The number of hydrogen-bond acceptors (Lipinski definition) is 5. The molecule has 124 valence electrons. The number of rotatable bonds is 3. The number of esters is 1. The Labute approximate surface area is 143 Å². The van der Waals surface area contributed by atoms with E-state index < -0.39 is 11.6 Å². The molecule has 0 N–H and O–H groups in total. The highest BCUT2D eigenvalue weighted by Gasteiger charge is 2.35. The Morgan fingerprint density at radius 1 is 1.12 bits per heavy atom. The molecule has 0 radical (unpaired) electrons. The Hall–Kier alpha value is -2.47. The van der Waals surface area contributed by atoms with Gasteiger partial charge in [0.25, 0.3) is 11.8 Å². The molecule has 0 unspecified atom stereocenters. The van der Waals surface area contributed by atoms with Crippen LogP contribution in [-0.4, -0.2) is 28.3 Å². The van der Waals surface area contributed by atoms with Gasteiger partial charge in [0.1, 0.15) is 10.5 Å². The van der Waals surface area contributed by atoms with Crippen molar-refractivity contribution in [1.82, 2.24) is 4.90 Å². The molecule has 1 aromatic carbocycles. The van der Waals surface area contributed by atoms with Crippen molar-refractivity contribution in [2.75, 3.05) is 0 Å². The molecule has 1 aliphatic rings. The molecule has 0 fully saturated rings. The zero-order valence-corrected chi connectivity index (χ0v) is 14.5. The molecule has 0 saturated heterocycles. The lowest BCUT2D eigenvalue weighted by atomic mass is 10.1. The van der Waals surface area contributed by atoms with Gasteiger partial charge in [-0.3, -0.25) is 14.5 Å². The van der Waals surface area contributed by atoms with Crippen molar-refractivity contribution < 1.29 is 19.1 Å². The molecule has 1 aromatic heterocycles. The van der Waals surface area contributed by atoms with E-state index in [1.165, 1.54) is 16.2 Å². The number of carbonyl (C=O) groups is 3. The molecule has 2 aromatic rings. The maximum atomic E-state index is 12.4. The predicted molar refractivity (Wildman–Crippen MR) is 90.1 cm³/mol. The second-order valence-electron chi connectivity index (χ2n) is 6.56. The van der Waals surface area contributed by atoms with Gasteiger partial charge in [-0.2, -0.15) is 0 Å². The lowest BCUT2D eigenvalue weighted by molar-refractivity contribution is 0.00750. The smallest absolute Gasteiger partial charge is 0.348 e. The summed E-state index contributed by atoms with van der Waals surface area (Å²) in [6, 6.07) is 8.43. The summed E-state index contributed by atoms with van der Waals surface area (Å²) in [7, 11) is 0. The third-order valence-corrected chi connectivity index (χ3v) is 4.43. The van der Waals surface area contributed by atoms with Gasteiger partial charge in [-0.25, -0.2) is 4.79 Å². The lowest BCUT2D eigenvalue weighted by Crippen LogP contribution is -2.28. The average Bonchev–Trinajstić information content (AvgIpc) is 3.06. The summed E-state index contributed by atoms with van der Waals surface area (Å²) in [5.41, 5.74) is 1.01. The predicted octanol–water partition coefficient (Wildman–Crippen LogP) is 3.50. The van der Waals surface area contributed by atoms with Gasteiger partial charge in [-0.15, -0.1) is 11.3 Å². The molecular weight excluding hydrogens is 326 g/mol. The first-order valence-corrected chi connectivity index (χ1v) is 8.40. The molecule has 0 spiro atoms. The molecule has 6 heteroatoms. The van der Waals surface area contributed by atoms with Crippen molar-refractivity contribution in [2.45, 2.75) is 32.9 Å². The van der Waals surface area contributed by atoms with Crippen LogP contribution in [0.4, 0.5) is 0 Å². The van der Waals surface area contributed by atoms with E-state index in [0.29, 0.717) is 16.0 Å². The van der Waals surface area contributed by atoms with E-state index in [2.05, 4.69) is 0 Å². The highest BCUT2D eigenvalue weighted by molar-refractivity contribution is 7.12. The van der Waals surface area contributed by atoms with E-state index in [1.54, 1.807) is 56.5 Å². The molecule has 24 heavy (non-hydrogen) atoms. The van der Waals surface area contributed by atoms with E-state index >= 15 is 0 Å². The van der Waals surface area contributed by atoms with Crippen LogP contribution < -0.4 is 0 Å². The molecule has 0 atom stereocenters. The third kappa shape index (κ3) is 3.10. The van der Waals surface area contributed by atoms with Gasteiger partial charge in [0, 0.05) is 0 Å². The van der Waals surface area contributed by atoms with Crippen molar-refractivity contribution in [3.05, 3.63) is 57.3 Å². The highest BCUT2D eigenvalue weighted by Crippen LogP contribution is 2.26. The highest BCUT2D eigenvalue weighted by atomic mass is 32.1. The van der Waals surface area contributed by atoms with Crippen LogP contribution in [0.1, 0.15) is 56.7 Å². The van der Waals surface area contributed by atoms with Gasteiger partial charge >= 0.3 is 5.97 Å². The van der Waals surface area contributed by atoms with Crippen LogP contribution >= 0.6 is 11.3 Å². The minimum atomic E-state index is -0.566. The van der Waals surface area contributed by atoms with Gasteiger partial charge in [-0.1, -0.05) is 12.1 Å². The van der Waals surface area contributed by atoms with Crippen molar-refractivity contribution in [3.8, 4) is 0 Å². The fourth-order valence-corrected chi connectivity index (χ4v) is 3.24. The molecule has 1 aliphatic heterocycles. The summed E-state index contributed by atoms with van der Waals surface area (Å²) in [5.74, 6) is -1.01. The van der Waals surface area contributed by atoms with Gasteiger partial charge < -0.3 is 4.74 Å². The second-order valence-corrected chi connectivity index (χ2v) is 7.47. The quantitative estimate of drug-likeness (QED) is 0.632. The lowest BCUT2D eigenvalue weighted by Gasteiger charge is -2.18. The maximum Gasteiger partial charge on any atom is 0.348 e. The first-order chi connectivity index (χ1) is 11.3. The topological polar surface area (TPSA) is 63.7 Å². The Kier molecular flexibility index (Phi) is 4.01. The van der Waals surface area contributed by atoms with Crippen molar-refractivity contribution in [1.29, 1.82) is 0 Å². The molecular formula is C18H17NO4S. The van der Waals surface area contributed by atoms with E-state index in [-0.39, 0.29) is 18.4 Å². The number of carbonyl (C=O) groups excluding carboxylic acids is 3. The Morgan fingerprint density at radius 3 is 2.25 bits per heavy atom. The summed E-state index contributed by atoms with van der Waals surface area (Å²) >= 11 is 1.24. The van der Waals surface area contributed by atoms with Crippen LogP contribution in [0.5, 0.6) is 0 Å². The van der Waals surface area contributed by atoms with Crippen LogP contribution in [0, 0.1) is 0 Å². The van der Waals surface area contributed by atoms with Crippen molar-refractivity contribution in [2.24, 2.45) is 0 Å². The number of hydrogen-bond donors (Lipinski definition) is 0. The van der Waals surface area contributed by atoms with E-state index in [4.69, 9.17) is 4.74 Å². The van der Waals surface area contributed by atoms with Crippen LogP contribution in [-0.2, 0) is 11.3 Å². The van der Waals surface area contributed by atoms with E-state index in [0.717, 1.165) is 5.56 Å². The minimum Gasteiger partial charge on any atom is -0.456 e. The van der Waals surface area contributed by atoms with Crippen molar-refractivity contribution >= 4 is 29.1 Å². The Bertz CT molecular complexity index is 797. The summed E-state index contributed by atoms with van der Waals surface area (Å²) < 4.78 is 5.32. The number of imide groups is 1. The van der Waals surface area contributed by atoms with Gasteiger partial charge in [0.2, 0.25) is 0 Å². The molecule has 0 bridgehead atoms. The number of benzene rings is 1. The largest absolute Gasteiger partial charge is 0.456 e. The van der Waals surface area contributed by atoms with Crippen LogP contribution in [0.25, 0.3) is 0 Å². The fraction of sp³-hybridized carbons (Fsp3) is 0.278. The summed E-state index contributed by atoms with van der Waals surface area (Å²) in [5, 5.41) is 1.77. The SMILES string of the molecule is CC(C)(C)OC(=O)c1cc(CN2C(=O)c3ccccc3C2=O)cs1. The van der Waals surface area contributed by atoms with Crippen LogP contribution in [0.2, 0.25) is 0 Å². The average molecular weight is 343 g/mol. The zero-order chi connectivity index (χ0) is 17.5. The number of thiophene rings is 1. The Balaban J connectivity index is 1.76. The standard InChI is InChI=1S/C18H17NO4S/c1-18(2,3)23-17(22)14-8-11(10-24-14)9-19-15(20)12-6-4-5-7-13(12)16(19)21/h4-8,10H,9H2,1-3H3. The van der Waals surface area contributed by atoms with E-state index in [9.17, 15) is 14.4 Å². The molecule has 2 amide bonds. The maximum absolute atomic E-state index is 12.4. The Morgan fingerprint density at radius 2 is 1.71 bits per heavy atom. The molecule has 2 heterocycles. The van der Waals surface area contributed by atoms with Gasteiger partial charge in [0.15, 0.2) is 0 Å². The fourth-order valence-electron chi connectivity index (χ4n) is 2.46. The number of fused-ring (bicyclic) bond motifs is 1. The summed E-state index contributed by atoms with van der Waals surface area (Å²) in [4.78, 5) is 38.4. The van der Waals surface area contributed by atoms with Gasteiger partial charge in [0.05, 0.1) is 17.7 Å². The minimum absolute atomic E-state index is 0.144. The van der Waals surface area contributed by atoms with E-state index in [1.807, 2.05) is 0 Å². The first kappa shape index (κ1) is 16.4. The van der Waals surface area contributed by atoms with Crippen molar-refractivity contribution in [3.63, 3.8) is 0 Å². The first-order valence-electron chi connectivity index (χ1n) is 7.52. The summed E-state index contributed by atoms with van der Waals surface area (Å²) in [6.45, 7) is 5.56.